The molecule has 2 unspecified atom stereocenters. The molecule has 1 saturated carbocycles. The van der Waals surface area contributed by atoms with Crippen LogP contribution in [0.5, 0.6) is 0 Å². The molecule has 5 heteroatoms. The quantitative estimate of drug-likeness (QED) is 0.903. The summed E-state index contributed by atoms with van der Waals surface area (Å²) in [6.45, 7) is 0.556. The molecule has 1 aliphatic carbocycles. The Morgan fingerprint density at radius 2 is 1.86 bits per heavy atom. The van der Waals surface area contributed by atoms with E-state index >= 15 is 0 Å². The first kappa shape index (κ1) is 16.0. The van der Waals surface area contributed by atoms with Crippen molar-refractivity contribution >= 4 is 27.8 Å². The lowest BCUT2D eigenvalue weighted by atomic mass is 9.81. The summed E-state index contributed by atoms with van der Waals surface area (Å²) in [5, 5.41) is 9.11. The summed E-state index contributed by atoms with van der Waals surface area (Å²) in [6, 6.07) is 7.87. The van der Waals surface area contributed by atoms with E-state index in [2.05, 4.69) is 15.9 Å². The van der Waals surface area contributed by atoms with Crippen molar-refractivity contribution in [3.05, 3.63) is 34.3 Å². The van der Waals surface area contributed by atoms with Gasteiger partial charge in [-0.1, -0.05) is 34.5 Å². The first-order valence-electron chi connectivity index (χ1n) is 7.19. The molecule has 0 spiro atoms. The number of benzene rings is 1. The second kappa shape index (κ2) is 7.07. The summed E-state index contributed by atoms with van der Waals surface area (Å²) in [6.07, 6.45) is 2.78. The van der Waals surface area contributed by atoms with Crippen LogP contribution in [0.1, 0.15) is 31.2 Å². The van der Waals surface area contributed by atoms with Crippen LogP contribution >= 0.6 is 15.9 Å². The van der Waals surface area contributed by atoms with Crippen LogP contribution in [0, 0.1) is 11.8 Å². The normalized spacial score (nSPS) is 21.8. The first-order chi connectivity index (χ1) is 9.97. The molecule has 1 aliphatic rings. The highest BCUT2D eigenvalue weighted by atomic mass is 79.9. The molecule has 1 N–H and O–H groups in total. The highest BCUT2D eigenvalue weighted by Gasteiger charge is 2.32. The molecule has 1 fully saturated rings. The Bertz CT molecular complexity index is 515. The third-order valence-corrected chi connectivity index (χ3v) is 4.61. The van der Waals surface area contributed by atoms with E-state index in [1.165, 1.54) is 0 Å². The maximum atomic E-state index is 12.5. The number of carbonyl (C=O) groups excluding carboxylic acids is 1. The number of halogens is 1. The number of carbonyl (C=O) groups is 2. The van der Waals surface area contributed by atoms with Gasteiger partial charge in [-0.3, -0.25) is 9.59 Å². The Hall–Kier alpha value is -1.36. The largest absolute Gasteiger partial charge is 0.481 e. The topological polar surface area (TPSA) is 57.6 Å². The minimum Gasteiger partial charge on any atom is -0.481 e. The Balaban J connectivity index is 1.95. The zero-order valence-electron chi connectivity index (χ0n) is 12.1. The number of nitrogens with zero attached hydrogens (tertiary/aromatic N) is 1. The van der Waals surface area contributed by atoms with Gasteiger partial charge in [0.1, 0.15) is 0 Å². The summed E-state index contributed by atoms with van der Waals surface area (Å²) >= 11 is 3.39. The molecule has 0 radical (unpaired) electrons. The maximum Gasteiger partial charge on any atom is 0.306 e. The summed E-state index contributed by atoms with van der Waals surface area (Å²) in [5.41, 5.74) is 1.07. The summed E-state index contributed by atoms with van der Waals surface area (Å²) in [5.74, 6) is -1.24. The van der Waals surface area contributed by atoms with E-state index in [9.17, 15) is 9.59 Å². The molecule has 21 heavy (non-hydrogen) atoms. The number of aliphatic carboxylic acids is 1. The zero-order chi connectivity index (χ0) is 15.4. The Labute approximate surface area is 133 Å². The molecule has 0 bridgehead atoms. The number of amides is 1. The predicted molar refractivity (Wildman–Crippen MR) is 83.7 cm³/mol. The van der Waals surface area contributed by atoms with Gasteiger partial charge < -0.3 is 10.0 Å². The van der Waals surface area contributed by atoms with Gasteiger partial charge in [-0.05, 0) is 37.0 Å². The van der Waals surface area contributed by atoms with Crippen molar-refractivity contribution in [2.24, 2.45) is 11.8 Å². The molecule has 0 heterocycles. The van der Waals surface area contributed by atoms with E-state index in [0.717, 1.165) is 22.9 Å². The van der Waals surface area contributed by atoms with Crippen molar-refractivity contribution < 1.29 is 14.7 Å². The lowest BCUT2D eigenvalue weighted by Crippen LogP contribution is -2.36. The number of hydrogen-bond donors (Lipinski definition) is 1. The Morgan fingerprint density at radius 1 is 1.24 bits per heavy atom. The second-order valence-corrected chi connectivity index (χ2v) is 6.64. The van der Waals surface area contributed by atoms with Crippen LogP contribution in [0.25, 0.3) is 0 Å². The Morgan fingerprint density at radius 3 is 2.48 bits per heavy atom. The standard InChI is InChI=1S/C16H20BrNO3/c1-18(10-11-5-7-14(17)8-6-11)15(19)12-3-2-4-13(9-12)16(20)21/h5-8,12-13H,2-4,9-10H2,1H3,(H,20,21). The molecule has 1 aromatic rings. The number of hydrogen-bond acceptors (Lipinski definition) is 2. The summed E-state index contributed by atoms with van der Waals surface area (Å²) in [7, 11) is 1.79. The maximum absolute atomic E-state index is 12.5. The van der Waals surface area contributed by atoms with E-state index in [-0.39, 0.29) is 17.7 Å². The highest BCUT2D eigenvalue weighted by Crippen LogP contribution is 2.30. The van der Waals surface area contributed by atoms with Crippen molar-refractivity contribution in [3.8, 4) is 0 Å². The van der Waals surface area contributed by atoms with E-state index < -0.39 is 5.97 Å². The summed E-state index contributed by atoms with van der Waals surface area (Å²) in [4.78, 5) is 25.3. The van der Waals surface area contributed by atoms with Crippen LogP contribution in [-0.4, -0.2) is 28.9 Å². The predicted octanol–water partition coefficient (Wildman–Crippen LogP) is 3.30. The molecule has 0 aromatic heterocycles. The minimum atomic E-state index is -0.775. The lowest BCUT2D eigenvalue weighted by Gasteiger charge is -2.29. The van der Waals surface area contributed by atoms with E-state index in [1.54, 1.807) is 11.9 Å². The number of carboxylic acids is 1. The number of rotatable bonds is 4. The molecule has 2 rings (SSSR count). The Kier molecular flexibility index (Phi) is 5.39. The molecular formula is C16H20BrNO3. The van der Waals surface area contributed by atoms with Crippen LogP contribution in [-0.2, 0) is 16.1 Å². The molecular weight excluding hydrogens is 334 g/mol. The van der Waals surface area contributed by atoms with Crippen molar-refractivity contribution in [1.29, 1.82) is 0 Å². The highest BCUT2D eigenvalue weighted by molar-refractivity contribution is 9.10. The van der Waals surface area contributed by atoms with Gasteiger partial charge in [-0.25, -0.2) is 0 Å². The average Bonchev–Trinajstić information content (AvgIpc) is 2.49. The van der Waals surface area contributed by atoms with Crippen molar-refractivity contribution in [2.45, 2.75) is 32.2 Å². The molecule has 0 saturated heterocycles. The molecule has 4 nitrogen and oxygen atoms in total. The monoisotopic (exact) mass is 353 g/mol. The third kappa shape index (κ3) is 4.30. The van der Waals surface area contributed by atoms with E-state index in [0.29, 0.717) is 19.4 Å². The molecule has 1 amide bonds. The van der Waals surface area contributed by atoms with E-state index in [4.69, 9.17) is 5.11 Å². The van der Waals surface area contributed by atoms with Crippen molar-refractivity contribution in [2.75, 3.05) is 7.05 Å². The van der Waals surface area contributed by atoms with Gasteiger partial charge in [0, 0.05) is 24.0 Å². The smallest absolute Gasteiger partial charge is 0.306 e. The fourth-order valence-corrected chi connectivity index (χ4v) is 3.16. The van der Waals surface area contributed by atoms with Gasteiger partial charge in [0.05, 0.1) is 5.92 Å². The van der Waals surface area contributed by atoms with Crippen molar-refractivity contribution in [3.63, 3.8) is 0 Å². The summed E-state index contributed by atoms with van der Waals surface area (Å²) < 4.78 is 1.01. The third-order valence-electron chi connectivity index (χ3n) is 4.08. The van der Waals surface area contributed by atoms with Crippen LogP contribution in [0.4, 0.5) is 0 Å². The van der Waals surface area contributed by atoms with Crippen LogP contribution in [0.15, 0.2) is 28.7 Å². The van der Waals surface area contributed by atoms with Crippen molar-refractivity contribution in [1.82, 2.24) is 4.90 Å². The SMILES string of the molecule is CN(Cc1ccc(Br)cc1)C(=O)C1CCCC(C(=O)O)C1. The molecule has 1 aromatic carbocycles. The first-order valence-corrected chi connectivity index (χ1v) is 7.99. The van der Waals surface area contributed by atoms with Gasteiger partial charge in [0.2, 0.25) is 5.91 Å². The molecule has 114 valence electrons. The fraction of sp³-hybridized carbons (Fsp3) is 0.500. The van der Waals surface area contributed by atoms with Gasteiger partial charge in [-0.15, -0.1) is 0 Å². The number of carboxylic acid groups (broad SMARTS) is 1. The molecule has 2 atom stereocenters. The van der Waals surface area contributed by atoms with Crippen LogP contribution < -0.4 is 0 Å². The van der Waals surface area contributed by atoms with Crippen LogP contribution in [0.3, 0.4) is 0 Å². The molecule has 0 aliphatic heterocycles. The lowest BCUT2D eigenvalue weighted by molar-refractivity contribution is -0.145. The van der Waals surface area contributed by atoms with Gasteiger partial charge in [0.25, 0.3) is 0 Å². The van der Waals surface area contributed by atoms with E-state index in [1.807, 2.05) is 24.3 Å². The zero-order valence-corrected chi connectivity index (χ0v) is 13.7. The van der Waals surface area contributed by atoms with Gasteiger partial charge in [-0.2, -0.15) is 0 Å². The second-order valence-electron chi connectivity index (χ2n) is 5.72. The van der Waals surface area contributed by atoms with Gasteiger partial charge in [0.15, 0.2) is 0 Å². The average molecular weight is 354 g/mol. The minimum absolute atomic E-state index is 0.0591. The van der Waals surface area contributed by atoms with Crippen LogP contribution in [0.2, 0.25) is 0 Å². The van der Waals surface area contributed by atoms with Gasteiger partial charge >= 0.3 is 5.97 Å². The fourth-order valence-electron chi connectivity index (χ4n) is 2.89.